The van der Waals surface area contributed by atoms with Gasteiger partial charge in [-0.2, -0.15) is 0 Å². The molecular weight excluding hydrogens is 669 g/mol. The number of hydrogen-bond donors (Lipinski definition) is 6. The van der Waals surface area contributed by atoms with Gasteiger partial charge in [0, 0.05) is 13.0 Å². The Labute approximate surface area is 293 Å². The zero-order valence-corrected chi connectivity index (χ0v) is 28.3. The van der Waals surface area contributed by atoms with E-state index in [1.165, 1.54) is 0 Å². The number of carbonyl (C=O) groups is 8. The first-order valence-electron chi connectivity index (χ1n) is 16.7. The SMILES string of the molecule is C[C@@H](CCc1cc2ccccc2cc1CC(N)=O)[C@H](NC(=O)CCF)C(=O)N[C@@H](CCC(=O)O)C(=O)N1CCC[C@H]1C(=O)N[C@H](C=O)CC(=O)O. The van der Waals surface area contributed by atoms with E-state index < -0.39 is 97.5 Å². The predicted molar refractivity (Wildman–Crippen MR) is 181 cm³/mol. The highest BCUT2D eigenvalue weighted by Crippen LogP contribution is 2.25. The summed E-state index contributed by atoms with van der Waals surface area (Å²) in [5.74, 6) is -6.89. The molecule has 0 bridgehead atoms. The Morgan fingerprint density at radius 2 is 1.63 bits per heavy atom. The number of aryl methyl sites for hydroxylation is 1. The number of aldehydes is 1. The molecule has 0 spiro atoms. The van der Waals surface area contributed by atoms with E-state index in [9.17, 15) is 47.9 Å². The molecule has 1 saturated heterocycles. The lowest BCUT2D eigenvalue weighted by Crippen LogP contribution is -2.58. The van der Waals surface area contributed by atoms with Crippen molar-refractivity contribution >= 4 is 58.5 Å². The number of primary amides is 1. The molecule has 51 heavy (non-hydrogen) atoms. The van der Waals surface area contributed by atoms with Crippen LogP contribution in [0.1, 0.15) is 63.0 Å². The Morgan fingerprint density at radius 3 is 2.22 bits per heavy atom. The molecule has 3 rings (SSSR count). The Morgan fingerprint density at radius 1 is 0.961 bits per heavy atom. The van der Waals surface area contributed by atoms with E-state index in [1.807, 2.05) is 36.4 Å². The van der Waals surface area contributed by atoms with Crippen LogP contribution in [0.25, 0.3) is 10.8 Å². The summed E-state index contributed by atoms with van der Waals surface area (Å²) in [6.07, 6.45) is -0.694. The molecule has 15 nitrogen and oxygen atoms in total. The summed E-state index contributed by atoms with van der Waals surface area (Å²) < 4.78 is 13.1. The topological polar surface area (TPSA) is 242 Å². The Balaban J connectivity index is 1.84. The van der Waals surface area contributed by atoms with Crippen molar-refractivity contribution in [1.29, 1.82) is 0 Å². The van der Waals surface area contributed by atoms with Gasteiger partial charge in [0.15, 0.2) is 0 Å². The molecule has 0 radical (unpaired) electrons. The normalized spacial score (nSPS) is 16.4. The van der Waals surface area contributed by atoms with Crippen LogP contribution in [0.3, 0.4) is 0 Å². The molecule has 16 heteroatoms. The highest BCUT2D eigenvalue weighted by molar-refractivity contribution is 5.95. The van der Waals surface area contributed by atoms with Crippen molar-refractivity contribution in [3.8, 4) is 0 Å². The smallest absolute Gasteiger partial charge is 0.305 e. The maximum Gasteiger partial charge on any atom is 0.305 e. The summed E-state index contributed by atoms with van der Waals surface area (Å²) in [6, 6.07) is 6.12. The Bertz CT molecular complexity index is 1640. The number of aliphatic carboxylic acids is 2. The van der Waals surface area contributed by atoms with Crippen molar-refractivity contribution in [3.63, 3.8) is 0 Å². The lowest BCUT2D eigenvalue weighted by molar-refractivity contribution is -0.144. The van der Waals surface area contributed by atoms with Crippen LogP contribution >= 0.6 is 0 Å². The summed E-state index contributed by atoms with van der Waals surface area (Å²) in [7, 11) is 0. The van der Waals surface area contributed by atoms with E-state index in [1.54, 1.807) is 6.92 Å². The zero-order chi connectivity index (χ0) is 37.7. The maximum atomic E-state index is 13.8. The van der Waals surface area contributed by atoms with Crippen LogP contribution < -0.4 is 21.7 Å². The minimum Gasteiger partial charge on any atom is -0.481 e. The van der Waals surface area contributed by atoms with Crippen LogP contribution in [0.2, 0.25) is 0 Å². The highest BCUT2D eigenvalue weighted by atomic mass is 19.1. The van der Waals surface area contributed by atoms with Crippen LogP contribution in [-0.2, 0) is 51.2 Å². The van der Waals surface area contributed by atoms with Gasteiger partial charge in [0.1, 0.15) is 24.4 Å². The van der Waals surface area contributed by atoms with Crippen LogP contribution in [0.5, 0.6) is 0 Å². The van der Waals surface area contributed by atoms with E-state index >= 15 is 0 Å². The van der Waals surface area contributed by atoms with Crippen LogP contribution in [0, 0.1) is 5.92 Å². The van der Waals surface area contributed by atoms with Gasteiger partial charge in [-0.1, -0.05) is 43.3 Å². The number of nitrogens with one attached hydrogen (secondary N) is 3. The minimum absolute atomic E-state index is 0.0239. The van der Waals surface area contributed by atoms with Gasteiger partial charge in [0.25, 0.3) is 0 Å². The molecule has 0 saturated carbocycles. The number of rotatable bonds is 20. The summed E-state index contributed by atoms with van der Waals surface area (Å²) >= 11 is 0. The lowest BCUT2D eigenvalue weighted by Gasteiger charge is -2.31. The van der Waals surface area contributed by atoms with E-state index in [4.69, 9.17) is 10.8 Å². The first-order chi connectivity index (χ1) is 24.2. The summed E-state index contributed by atoms with van der Waals surface area (Å²) in [4.78, 5) is 100. The minimum atomic E-state index is -1.45. The number of hydrogen-bond acceptors (Lipinski definition) is 8. The first kappa shape index (κ1) is 40.0. The average Bonchev–Trinajstić information content (AvgIpc) is 3.57. The second-order valence-corrected chi connectivity index (χ2v) is 12.6. The van der Waals surface area contributed by atoms with Crippen LogP contribution in [0.4, 0.5) is 4.39 Å². The largest absolute Gasteiger partial charge is 0.481 e. The summed E-state index contributed by atoms with van der Waals surface area (Å²) in [6.45, 7) is 0.745. The van der Waals surface area contributed by atoms with Gasteiger partial charge in [-0.15, -0.1) is 0 Å². The predicted octanol–water partition coefficient (Wildman–Crippen LogP) is 0.780. The van der Waals surface area contributed by atoms with Gasteiger partial charge >= 0.3 is 11.9 Å². The van der Waals surface area contributed by atoms with E-state index in [0.717, 1.165) is 21.2 Å². The fourth-order valence-corrected chi connectivity index (χ4v) is 6.16. The van der Waals surface area contributed by atoms with E-state index in [2.05, 4.69) is 16.0 Å². The molecule has 0 unspecified atom stereocenters. The maximum absolute atomic E-state index is 13.8. The van der Waals surface area contributed by atoms with Crippen molar-refractivity contribution in [2.75, 3.05) is 13.2 Å². The van der Waals surface area contributed by atoms with Crippen molar-refractivity contribution in [2.45, 2.75) is 88.9 Å². The molecule has 1 aliphatic heterocycles. The average molecular weight is 714 g/mol. The van der Waals surface area contributed by atoms with Gasteiger partial charge in [-0.05, 0) is 59.9 Å². The Hall–Kier alpha value is -5.41. The number of alkyl halides is 1. The molecule has 5 atom stereocenters. The lowest BCUT2D eigenvalue weighted by atomic mass is 9.89. The van der Waals surface area contributed by atoms with E-state index in [0.29, 0.717) is 18.4 Å². The van der Waals surface area contributed by atoms with Crippen molar-refractivity contribution in [3.05, 3.63) is 47.5 Å². The zero-order valence-electron chi connectivity index (χ0n) is 28.3. The van der Waals surface area contributed by atoms with Gasteiger partial charge in [-0.3, -0.25) is 38.0 Å². The number of carbonyl (C=O) groups excluding carboxylic acids is 6. The van der Waals surface area contributed by atoms with Gasteiger partial charge in [0.05, 0.1) is 32.0 Å². The Kier molecular flexibility index (Phi) is 15.0. The number of carboxylic acids is 2. The van der Waals surface area contributed by atoms with Crippen molar-refractivity contribution in [1.82, 2.24) is 20.9 Å². The second kappa shape index (κ2) is 19.1. The van der Waals surface area contributed by atoms with Crippen molar-refractivity contribution < 1.29 is 53.0 Å². The molecule has 1 heterocycles. The van der Waals surface area contributed by atoms with Crippen LogP contribution in [-0.4, -0.2) is 100 Å². The number of likely N-dealkylation sites (tertiary alicyclic amines) is 1. The highest BCUT2D eigenvalue weighted by Gasteiger charge is 2.39. The molecule has 1 fully saturated rings. The molecule has 5 amide bonds. The number of amides is 5. The quantitative estimate of drug-likeness (QED) is 0.105. The molecular formula is C35H44FN5O10. The third-order valence-electron chi connectivity index (χ3n) is 8.78. The number of nitrogens with two attached hydrogens (primary N) is 1. The molecule has 2 aromatic carbocycles. The standard InChI is InChI=1S/C35H44FN5O10/c1-20(8-9-23-15-21-5-2-3-6-22(21)16-24(23)17-28(37)43)32(40-29(44)12-13-36)34(50)39-26(10-11-30(45)46)35(51)41-14-4-7-27(41)33(49)38-25(19-42)18-31(47)48/h2-3,5-6,15-16,19-20,25-27,32H,4,7-14,17-18H2,1H3,(H2,37,43)(H,38,49)(H,39,50)(H,40,44)(H,45,46)(H,47,48)/t20-,25-,26-,27-,32-/m0/s1. The van der Waals surface area contributed by atoms with Crippen molar-refractivity contribution in [2.24, 2.45) is 11.7 Å². The molecule has 7 N–H and O–H groups in total. The number of halogens is 1. The van der Waals surface area contributed by atoms with Gasteiger partial charge in [-0.25, -0.2) is 0 Å². The molecule has 2 aromatic rings. The van der Waals surface area contributed by atoms with Gasteiger partial charge < -0.3 is 41.6 Å². The number of carboxylic acid groups (broad SMARTS) is 2. The molecule has 276 valence electrons. The fourth-order valence-electron chi connectivity index (χ4n) is 6.16. The number of fused-ring (bicyclic) bond motifs is 1. The third kappa shape index (κ3) is 11.9. The fraction of sp³-hybridized carbons (Fsp3) is 0.486. The summed E-state index contributed by atoms with van der Waals surface area (Å²) in [5, 5.41) is 27.6. The second-order valence-electron chi connectivity index (χ2n) is 12.6. The van der Waals surface area contributed by atoms with E-state index in [-0.39, 0.29) is 38.5 Å². The summed E-state index contributed by atoms with van der Waals surface area (Å²) in [5.41, 5.74) is 6.99. The molecule has 0 aliphatic carbocycles. The monoisotopic (exact) mass is 713 g/mol. The van der Waals surface area contributed by atoms with Crippen LogP contribution in [0.15, 0.2) is 36.4 Å². The molecule has 0 aromatic heterocycles. The van der Waals surface area contributed by atoms with Gasteiger partial charge in [0.2, 0.25) is 29.5 Å². The first-order valence-corrected chi connectivity index (χ1v) is 16.7. The number of nitrogens with zero attached hydrogens (tertiary/aromatic N) is 1. The third-order valence-corrected chi connectivity index (χ3v) is 8.78. The molecule has 1 aliphatic rings. The number of benzene rings is 2.